The number of nitro groups is 2. The number of nitrogens with zero attached hydrogens (tertiary/aromatic N) is 2. The summed E-state index contributed by atoms with van der Waals surface area (Å²) in [6.45, 7) is 1.44. The lowest BCUT2D eigenvalue weighted by Gasteiger charge is -2.04. The lowest BCUT2D eigenvalue weighted by Crippen LogP contribution is -2.05. The minimum absolute atomic E-state index is 0.150. The molecule has 0 aliphatic rings. The molecule has 1 rings (SSSR count). The Morgan fingerprint density at radius 1 is 1.13 bits per heavy atom. The summed E-state index contributed by atoms with van der Waals surface area (Å²) in [5.74, 6) is 0. The van der Waals surface area contributed by atoms with Crippen LogP contribution in [0.25, 0.3) is 0 Å². The monoisotopic (exact) mass is 212 g/mol. The van der Waals surface area contributed by atoms with Gasteiger partial charge in [-0.3, -0.25) is 20.2 Å². The average molecular weight is 212 g/mol. The third kappa shape index (κ3) is 1.64. The van der Waals surface area contributed by atoms with Gasteiger partial charge in [-0.25, -0.2) is 0 Å². The summed E-state index contributed by atoms with van der Waals surface area (Å²) in [6.07, 6.45) is 0. The van der Waals surface area contributed by atoms with Crippen LogP contribution < -0.4 is 11.5 Å². The van der Waals surface area contributed by atoms with Crippen molar-refractivity contribution < 1.29 is 9.85 Å². The Morgan fingerprint density at radius 2 is 1.67 bits per heavy atom. The van der Waals surface area contributed by atoms with Gasteiger partial charge in [-0.05, 0) is 12.5 Å². The zero-order chi connectivity index (χ0) is 11.7. The number of nitrogens with two attached hydrogens (primary N) is 2. The summed E-state index contributed by atoms with van der Waals surface area (Å²) in [5, 5.41) is 21.1. The summed E-state index contributed by atoms with van der Waals surface area (Å²) in [6, 6.07) is 1.11. The van der Waals surface area contributed by atoms with Crippen molar-refractivity contribution in [2.24, 2.45) is 0 Å². The number of hydrogen-bond acceptors (Lipinski definition) is 6. The van der Waals surface area contributed by atoms with E-state index in [2.05, 4.69) is 0 Å². The van der Waals surface area contributed by atoms with Gasteiger partial charge >= 0.3 is 5.69 Å². The molecule has 8 heteroatoms. The second kappa shape index (κ2) is 3.40. The normalized spacial score (nSPS) is 9.93. The molecule has 0 saturated heterocycles. The van der Waals surface area contributed by atoms with E-state index in [0.29, 0.717) is 0 Å². The van der Waals surface area contributed by atoms with Gasteiger partial charge in [0.25, 0.3) is 5.69 Å². The van der Waals surface area contributed by atoms with Crippen LogP contribution in [0.4, 0.5) is 22.7 Å². The lowest BCUT2D eigenvalue weighted by atomic mass is 10.1. The van der Waals surface area contributed by atoms with Crippen LogP contribution in [0, 0.1) is 27.2 Å². The second-order valence-electron chi connectivity index (χ2n) is 2.90. The van der Waals surface area contributed by atoms with Crippen molar-refractivity contribution in [2.75, 3.05) is 11.5 Å². The molecule has 0 radical (unpaired) electrons. The van der Waals surface area contributed by atoms with Gasteiger partial charge in [-0.2, -0.15) is 0 Å². The Labute approximate surface area is 83.8 Å². The SMILES string of the molecule is Cc1cc([N+](=O)[O-])c(N)c([N+](=O)[O-])c1N. The highest BCUT2D eigenvalue weighted by molar-refractivity contribution is 5.82. The van der Waals surface area contributed by atoms with Crippen molar-refractivity contribution in [1.82, 2.24) is 0 Å². The van der Waals surface area contributed by atoms with Crippen LogP contribution >= 0.6 is 0 Å². The predicted molar refractivity (Wildman–Crippen MR) is 53.3 cm³/mol. The summed E-state index contributed by atoms with van der Waals surface area (Å²) in [5.41, 5.74) is 9.17. The molecule has 0 aliphatic heterocycles. The molecule has 80 valence electrons. The number of anilines is 2. The fourth-order valence-electron chi connectivity index (χ4n) is 1.16. The maximum absolute atomic E-state index is 10.6. The number of hydrogen-bond donors (Lipinski definition) is 2. The van der Waals surface area contributed by atoms with E-state index in [-0.39, 0.29) is 11.3 Å². The third-order valence-electron chi connectivity index (χ3n) is 1.94. The lowest BCUT2D eigenvalue weighted by molar-refractivity contribution is -0.391. The van der Waals surface area contributed by atoms with E-state index in [0.717, 1.165) is 6.07 Å². The molecule has 4 N–H and O–H groups in total. The van der Waals surface area contributed by atoms with E-state index in [1.54, 1.807) is 0 Å². The Balaban J connectivity index is 3.63. The van der Waals surface area contributed by atoms with Crippen molar-refractivity contribution in [2.45, 2.75) is 6.92 Å². The summed E-state index contributed by atoms with van der Waals surface area (Å²) >= 11 is 0. The molecule has 1 aromatic rings. The van der Waals surface area contributed by atoms with Crippen LogP contribution in [0.15, 0.2) is 6.07 Å². The van der Waals surface area contributed by atoms with Crippen molar-refractivity contribution in [1.29, 1.82) is 0 Å². The van der Waals surface area contributed by atoms with Crippen LogP contribution in [-0.4, -0.2) is 9.85 Å². The fraction of sp³-hybridized carbons (Fsp3) is 0.143. The third-order valence-corrected chi connectivity index (χ3v) is 1.94. The highest BCUT2D eigenvalue weighted by Crippen LogP contribution is 2.38. The number of aryl methyl sites for hydroxylation is 1. The quantitative estimate of drug-likeness (QED) is 0.425. The molecule has 0 amide bonds. The maximum Gasteiger partial charge on any atom is 0.322 e. The van der Waals surface area contributed by atoms with E-state index in [1.165, 1.54) is 6.92 Å². The Kier molecular flexibility index (Phi) is 2.43. The maximum atomic E-state index is 10.6. The first kappa shape index (κ1) is 10.7. The van der Waals surface area contributed by atoms with Crippen molar-refractivity contribution in [3.63, 3.8) is 0 Å². The second-order valence-corrected chi connectivity index (χ2v) is 2.90. The molecular formula is C7H8N4O4. The van der Waals surface area contributed by atoms with Crippen LogP contribution in [-0.2, 0) is 0 Å². The summed E-state index contributed by atoms with van der Waals surface area (Å²) < 4.78 is 0. The molecule has 0 fully saturated rings. The van der Waals surface area contributed by atoms with Crippen molar-refractivity contribution >= 4 is 22.7 Å². The van der Waals surface area contributed by atoms with Crippen LogP contribution in [0.5, 0.6) is 0 Å². The van der Waals surface area contributed by atoms with Gasteiger partial charge in [0.1, 0.15) is 5.69 Å². The fourth-order valence-corrected chi connectivity index (χ4v) is 1.16. The molecule has 0 aromatic heterocycles. The highest BCUT2D eigenvalue weighted by Gasteiger charge is 2.27. The van der Waals surface area contributed by atoms with Gasteiger partial charge < -0.3 is 11.5 Å². The number of rotatable bonds is 2. The van der Waals surface area contributed by atoms with E-state index < -0.39 is 26.9 Å². The first-order valence-electron chi connectivity index (χ1n) is 3.83. The van der Waals surface area contributed by atoms with Gasteiger partial charge in [-0.1, -0.05) is 0 Å². The van der Waals surface area contributed by atoms with Crippen molar-refractivity contribution in [3.05, 3.63) is 31.9 Å². The van der Waals surface area contributed by atoms with E-state index in [4.69, 9.17) is 11.5 Å². The van der Waals surface area contributed by atoms with Gasteiger partial charge in [0.05, 0.1) is 9.85 Å². The van der Waals surface area contributed by atoms with Gasteiger partial charge in [0.15, 0.2) is 5.69 Å². The predicted octanol–water partition coefficient (Wildman–Crippen LogP) is 0.976. The van der Waals surface area contributed by atoms with Crippen LogP contribution in [0.1, 0.15) is 5.56 Å². The first-order chi connectivity index (χ1) is 6.86. The van der Waals surface area contributed by atoms with Gasteiger partial charge in [0, 0.05) is 6.07 Å². The molecule has 0 saturated carbocycles. The molecule has 0 spiro atoms. The minimum Gasteiger partial charge on any atom is -0.393 e. The van der Waals surface area contributed by atoms with Gasteiger partial charge in [0.2, 0.25) is 0 Å². The Bertz CT molecular complexity index is 457. The zero-order valence-corrected chi connectivity index (χ0v) is 7.76. The van der Waals surface area contributed by atoms with Crippen molar-refractivity contribution in [3.8, 4) is 0 Å². The summed E-state index contributed by atoms with van der Waals surface area (Å²) in [7, 11) is 0. The average Bonchev–Trinajstić information content (AvgIpc) is 2.10. The van der Waals surface area contributed by atoms with E-state index in [9.17, 15) is 20.2 Å². The molecule has 0 aliphatic carbocycles. The molecule has 15 heavy (non-hydrogen) atoms. The molecule has 0 atom stereocenters. The first-order valence-corrected chi connectivity index (χ1v) is 3.83. The zero-order valence-electron chi connectivity index (χ0n) is 7.76. The van der Waals surface area contributed by atoms with Crippen LogP contribution in [0.2, 0.25) is 0 Å². The largest absolute Gasteiger partial charge is 0.393 e. The topological polar surface area (TPSA) is 138 Å². The molecule has 8 nitrogen and oxygen atoms in total. The smallest absolute Gasteiger partial charge is 0.322 e. The number of nitro benzene ring substituents is 2. The number of benzene rings is 1. The highest BCUT2D eigenvalue weighted by atomic mass is 16.6. The Hall–Kier alpha value is -2.38. The summed E-state index contributed by atoms with van der Waals surface area (Å²) in [4.78, 5) is 19.5. The van der Waals surface area contributed by atoms with E-state index >= 15 is 0 Å². The molecule has 0 bridgehead atoms. The Morgan fingerprint density at radius 3 is 2.07 bits per heavy atom. The number of nitrogen functional groups attached to an aromatic ring is 2. The minimum atomic E-state index is -0.829. The van der Waals surface area contributed by atoms with Crippen LogP contribution in [0.3, 0.4) is 0 Å². The van der Waals surface area contributed by atoms with E-state index in [1.807, 2.05) is 0 Å². The van der Waals surface area contributed by atoms with Gasteiger partial charge in [-0.15, -0.1) is 0 Å². The standard InChI is InChI=1S/C7H8N4O4/c1-3-2-4(10(12)13)6(9)7(5(3)8)11(14)15/h2H,8-9H2,1H3. The molecule has 0 heterocycles. The molecule has 0 unspecified atom stereocenters. The molecular weight excluding hydrogens is 204 g/mol. The molecule has 1 aromatic carbocycles.